The molecule has 0 amide bonds. The van der Waals surface area contributed by atoms with Crippen molar-refractivity contribution in [3.05, 3.63) is 0 Å². The van der Waals surface area contributed by atoms with Gasteiger partial charge in [0.05, 0.1) is 19.0 Å². The van der Waals surface area contributed by atoms with Gasteiger partial charge in [-0.15, -0.1) is 0 Å². The zero-order valence-electron chi connectivity index (χ0n) is 8.01. The summed E-state index contributed by atoms with van der Waals surface area (Å²) in [4.78, 5) is 2.07. The minimum atomic E-state index is -0.300. The molecule has 74 valence electrons. The number of nitrogens with one attached hydrogen (secondary N) is 1. The van der Waals surface area contributed by atoms with Gasteiger partial charge in [-0.05, 0) is 6.92 Å². The Morgan fingerprint density at radius 3 is 2.23 bits per heavy atom. The molecule has 2 fully saturated rings. The molecule has 2 heterocycles. The lowest BCUT2D eigenvalue weighted by atomic mass is 10.0. The Labute approximate surface area is 78.3 Å². The first-order valence-corrected chi connectivity index (χ1v) is 4.80. The predicted octanol–water partition coefficient (Wildman–Crippen LogP) is 0.822. The van der Waals surface area contributed by atoms with Gasteiger partial charge in [-0.2, -0.15) is 0 Å². The van der Waals surface area contributed by atoms with E-state index in [9.17, 15) is 0 Å². The Hall–Kier alpha value is -0.610. The van der Waals surface area contributed by atoms with Crippen molar-refractivity contribution in [2.75, 3.05) is 26.3 Å². The number of piperidine rings is 1. The Morgan fingerprint density at radius 1 is 1.23 bits per heavy atom. The normalized spacial score (nSPS) is 26.7. The summed E-state index contributed by atoms with van der Waals surface area (Å²) in [5, 5.41) is 7.49. The zero-order chi connectivity index (χ0) is 9.31. The maximum absolute atomic E-state index is 7.49. The molecule has 0 unspecified atom stereocenters. The molecule has 13 heavy (non-hydrogen) atoms. The molecule has 2 aliphatic rings. The molecule has 2 saturated heterocycles. The van der Waals surface area contributed by atoms with Crippen molar-refractivity contribution in [1.29, 1.82) is 5.41 Å². The molecule has 1 N–H and O–H groups in total. The summed E-state index contributed by atoms with van der Waals surface area (Å²) in [6, 6.07) is 0. The third-order valence-corrected chi connectivity index (χ3v) is 2.81. The lowest BCUT2D eigenvalue weighted by Crippen LogP contribution is -2.46. The fourth-order valence-corrected chi connectivity index (χ4v) is 1.97. The van der Waals surface area contributed by atoms with Crippen LogP contribution in [0.3, 0.4) is 0 Å². The van der Waals surface area contributed by atoms with E-state index >= 15 is 0 Å². The summed E-state index contributed by atoms with van der Waals surface area (Å²) >= 11 is 0. The molecule has 0 saturated carbocycles. The van der Waals surface area contributed by atoms with E-state index in [1.165, 1.54) is 0 Å². The van der Waals surface area contributed by atoms with Crippen LogP contribution >= 0.6 is 0 Å². The molecule has 0 radical (unpaired) electrons. The van der Waals surface area contributed by atoms with Crippen LogP contribution in [0.4, 0.5) is 0 Å². The second-order valence-corrected chi connectivity index (χ2v) is 3.68. The Morgan fingerprint density at radius 2 is 1.77 bits per heavy atom. The predicted molar refractivity (Wildman–Crippen MR) is 48.8 cm³/mol. The number of amidine groups is 1. The molecule has 0 aromatic carbocycles. The van der Waals surface area contributed by atoms with Gasteiger partial charge in [0.1, 0.15) is 0 Å². The summed E-state index contributed by atoms with van der Waals surface area (Å²) < 4.78 is 11.2. The van der Waals surface area contributed by atoms with Gasteiger partial charge in [-0.25, -0.2) is 0 Å². The van der Waals surface area contributed by atoms with Crippen LogP contribution in [0.1, 0.15) is 19.8 Å². The van der Waals surface area contributed by atoms with Crippen LogP contribution < -0.4 is 0 Å². The number of ether oxygens (including phenoxy) is 2. The van der Waals surface area contributed by atoms with E-state index in [0.29, 0.717) is 5.84 Å². The van der Waals surface area contributed by atoms with Gasteiger partial charge >= 0.3 is 0 Å². The van der Waals surface area contributed by atoms with Gasteiger partial charge in [0.15, 0.2) is 5.79 Å². The Kier molecular flexibility index (Phi) is 2.26. The van der Waals surface area contributed by atoms with E-state index in [0.717, 1.165) is 39.1 Å². The van der Waals surface area contributed by atoms with Crippen LogP contribution in [0.25, 0.3) is 0 Å². The van der Waals surface area contributed by atoms with Crippen LogP contribution in [0.2, 0.25) is 0 Å². The van der Waals surface area contributed by atoms with Crippen LogP contribution in [0, 0.1) is 5.41 Å². The maximum Gasteiger partial charge on any atom is 0.171 e. The van der Waals surface area contributed by atoms with Crippen LogP contribution in [-0.2, 0) is 9.47 Å². The highest BCUT2D eigenvalue weighted by Crippen LogP contribution is 2.31. The second kappa shape index (κ2) is 3.27. The van der Waals surface area contributed by atoms with Gasteiger partial charge in [0, 0.05) is 25.9 Å². The van der Waals surface area contributed by atoms with Crippen LogP contribution in [0.5, 0.6) is 0 Å². The lowest BCUT2D eigenvalue weighted by Gasteiger charge is -2.38. The van der Waals surface area contributed by atoms with Gasteiger partial charge in [0.25, 0.3) is 0 Å². The standard InChI is InChI=1S/C9H16N2O2/c1-8(10)11-4-2-9(3-5-11)12-6-7-13-9/h10H,2-7H2,1H3. The molecule has 4 nitrogen and oxygen atoms in total. The minimum absolute atomic E-state index is 0.300. The largest absolute Gasteiger partial charge is 0.360 e. The van der Waals surface area contributed by atoms with Gasteiger partial charge in [0.2, 0.25) is 0 Å². The van der Waals surface area contributed by atoms with E-state index in [4.69, 9.17) is 14.9 Å². The molecule has 2 aliphatic heterocycles. The molecule has 1 spiro atoms. The number of hydrogen-bond acceptors (Lipinski definition) is 3. The van der Waals surface area contributed by atoms with Crippen molar-refractivity contribution in [3.8, 4) is 0 Å². The quantitative estimate of drug-likeness (QED) is 0.448. The summed E-state index contributed by atoms with van der Waals surface area (Å²) in [5.74, 6) is 0.347. The molecule has 4 heteroatoms. The molecule has 0 atom stereocenters. The van der Waals surface area contributed by atoms with Crippen molar-refractivity contribution in [2.24, 2.45) is 0 Å². The minimum Gasteiger partial charge on any atom is -0.360 e. The highest BCUT2D eigenvalue weighted by Gasteiger charge is 2.39. The average Bonchev–Trinajstić information content (AvgIpc) is 2.54. The van der Waals surface area contributed by atoms with E-state index in [1.54, 1.807) is 0 Å². The van der Waals surface area contributed by atoms with Crippen molar-refractivity contribution < 1.29 is 9.47 Å². The zero-order valence-corrected chi connectivity index (χ0v) is 8.01. The van der Waals surface area contributed by atoms with Gasteiger partial charge in [-0.3, -0.25) is 5.41 Å². The van der Waals surface area contributed by atoms with Crippen LogP contribution in [0.15, 0.2) is 0 Å². The van der Waals surface area contributed by atoms with Crippen LogP contribution in [-0.4, -0.2) is 42.8 Å². The Balaban J connectivity index is 1.91. The smallest absolute Gasteiger partial charge is 0.171 e. The molecule has 0 aromatic heterocycles. The number of hydrogen-bond donors (Lipinski definition) is 1. The monoisotopic (exact) mass is 184 g/mol. The third-order valence-electron chi connectivity index (χ3n) is 2.81. The molecule has 0 aliphatic carbocycles. The summed E-state index contributed by atoms with van der Waals surface area (Å²) in [6.07, 6.45) is 1.78. The van der Waals surface area contributed by atoms with Gasteiger partial charge in [-0.1, -0.05) is 0 Å². The molecule has 0 bridgehead atoms. The molecular formula is C9H16N2O2. The van der Waals surface area contributed by atoms with E-state index in [-0.39, 0.29) is 5.79 Å². The maximum atomic E-state index is 7.49. The fraction of sp³-hybridized carbons (Fsp3) is 0.889. The highest BCUT2D eigenvalue weighted by molar-refractivity contribution is 5.76. The first-order valence-electron chi connectivity index (χ1n) is 4.80. The number of rotatable bonds is 0. The fourth-order valence-electron chi connectivity index (χ4n) is 1.97. The highest BCUT2D eigenvalue weighted by atomic mass is 16.7. The average molecular weight is 184 g/mol. The molecular weight excluding hydrogens is 168 g/mol. The van der Waals surface area contributed by atoms with Crippen molar-refractivity contribution >= 4 is 5.84 Å². The first-order chi connectivity index (χ1) is 6.22. The number of likely N-dealkylation sites (tertiary alicyclic amines) is 1. The van der Waals surface area contributed by atoms with Crippen molar-refractivity contribution in [2.45, 2.75) is 25.6 Å². The summed E-state index contributed by atoms with van der Waals surface area (Å²) in [7, 11) is 0. The topological polar surface area (TPSA) is 45.6 Å². The molecule has 0 aromatic rings. The molecule has 2 rings (SSSR count). The van der Waals surface area contributed by atoms with E-state index < -0.39 is 0 Å². The lowest BCUT2D eigenvalue weighted by molar-refractivity contribution is -0.180. The van der Waals surface area contributed by atoms with Crippen molar-refractivity contribution in [3.63, 3.8) is 0 Å². The number of nitrogens with zero attached hydrogens (tertiary/aromatic N) is 1. The summed E-state index contributed by atoms with van der Waals surface area (Å²) in [6.45, 7) is 5.05. The van der Waals surface area contributed by atoms with E-state index in [1.807, 2.05) is 6.92 Å². The first kappa shape index (κ1) is 8.97. The third kappa shape index (κ3) is 1.69. The van der Waals surface area contributed by atoms with Gasteiger partial charge < -0.3 is 14.4 Å². The Bertz CT molecular complexity index is 202. The van der Waals surface area contributed by atoms with E-state index in [2.05, 4.69) is 4.90 Å². The van der Waals surface area contributed by atoms with Crippen molar-refractivity contribution in [1.82, 2.24) is 4.90 Å². The second-order valence-electron chi connectivity index (χ2n) is 3.68. The summed E-state index contributed by atoms with van der Waals surface area (Å²) in [5.41, 5.74) is 0. The SMILES string of the molecule is CC(=N)N1CCC2(CC1)OCCO2.